The average molecular weight is 364 g/mol. The molecular formula is C18H22BrNO2. The van der Waals surface area contributed by atoms with Gasteiger partial charge in [0.25, 0.3) is 0 Å². The summed E-state index contributed by atoms with van der Waals surface area (Å²) in [5.74, 6) is 1.43. The zero-order valence-corrected chi connectivity index (χ0v) is 15.0. The normalized spacial score (nSPS) is 11.1. The van der Waals surface area contributed by atoms with Crippen LogP contribution in [0.25, 0.3) is 0 Å². The maximum atomic E-state index is 5.94. The van der Waals surface area contributed by atoms with Gasteiger partial charge in [0.1, 0.15) is 6.61 Å². The lowest BCUT2D eigenvalue weighted by molar-refractivity contribution is 0.284. The first kappa shape index (κ1) is 16.7. The summed E-state index contributed by atoms with van der Waals surface area (Å²) in [6.45, 7) is 6.87. The number of hydrogen-bond acceptors (Lipinski definition) is 3. The van der Waals surface area contributed by atoms with E-state index in [9.17, 15) is 0 Å². The van der Waals surface area contributed by atoms with E-state index in [0.717, 1.165) is 21.5 Å². The summed E-state index contributed by atoms with van der Waals surface area (Å²) >= 11 is 3.57. The van der Waals surface area contributed by atoms with Crippen molar-refractivity contribution in [2.75, 3.05) is 12.4 Å². The van der Waals surface area contributed by atoms with Crippen LogP contribution in [0, 0.1) is 0 Å². The Kier molecular flexibility index (Phi) is 5.35. The van der Waals surface area contributed by atoms with E-state index in [1.807, 2.05) is 42.5 Å². The largest absolute Gasteiger partial charge is 0.493 e. The molecule has 0 bridgehead atoms. The second-order valence-corrected chi connectivity index (χ2v) is 6.99. The quantitative estimate of drug-likeness (QED) is 0.786. The molecule has 2 aromatic carbocycles. The first-order valence-electron chi connectivity index (χ1n) is 7.21. The van der Waals surface area contributed by atoms with Crippen LogP contribution in [-0.2, 0) is 6.61 Å². The standard InChI is InChI=1S/C18H22BrNO2/c1-18(2,3)20-15-11-17(16(21-4)10-14(15)19)22-12-13-8-6-5-7-9-13/h5-11,20H,12H2,1-4H3. The van der Waals surface area contributed by atoms with Crippen LogP contribution in [0.2, 0.25) is 0 Å². The zero-order chi connectivity index (χ0) is 16.2. The van der Waals surface area contributed by atoms with Crippen LogP contribution >= 0.6 is 15.9 Å². The number of ether oxygens (including phenoxy) is 2. The molecule has 0 saturated carbocycles. The zero-order valence-electron chi connectivity index (χ0n) is 13.4. The van der Waals surface area contributed by atoms with Crippen LogP contribution in [0.1, 0.15) is 26.3 Å². The Labute approximate surface area is 140 Å². The highest BCUT2D eigenvalue weighted by Gasteiger charge is 2.15. The number of methoxy groups -OCH3 is 1. The number of hydrogen-bond donors (Lipinski definition) is 1. The third-order valence-corrected chi connectivity index (χ3v) is 3.66. The van der Waals surface area contributed by atoms with Crippen molar-refractivity contribution in [3.63, 3.8) is 0 Å². The third-order valence-electron chi connectivity index (χ3n) is 3.00. The van der Waals surface area contributed by atoms with Gasteiger partial charge in [0.05, 0.1) is 12.8 Å². The Morgan fingerprint density at radius 3 is 2.32 bits per heavy atom. The van der Waals surface area contributed by atoms with Crippen LogP contribution in [0.3, 0.4) is 0 Å². The Balaban J connectivity index is 2.23. The molecular weight excluding hydrogens is 342 g/mol. The molecule has 1 N–H and O–H groups in total. The SMILES string of the molecule is COc1cc(Br)c(NC(C)(C)C)cc1OCc1ccccc1. The van der Waals surface area contributed by atoms with E-state index in [1.165, 1.54) is 0 Å². The van der Waals surface area contributed by atoms with Crippen LogP contribution in [0.4, 0.5) is 5.69 Å². The molecule has 22 heavy (non-hydrogen) atoms. The van der Waals surface area contributed by atoms with E-state index < -0.39 is 0 Å². The van der Waals surface area contributed by atoms with E-state index in [2.05, 4.69) is 42.0 Å². The second kappa shape index (κ2) is 7.05. The summed E-state index contributed by atoms with van der Waals surface area (Å²) in [5, 5.41) is 3.46. The lowest BCUT2D eigenvalue weighted by atomic mass is 10.1. The molecule has 0 fully saturated rings. The predicted molar refractivity (Wildman–Crippen MR) is 94.8 cm³/mol. The Hall–Kier alpha value is -1.68. The smallest absolute Gasteiger partial charge is 0.163 e. The lowest BCUT2D eigenvalue weighted by Gasteiger charge is -2.24. The van der Waals surface area contributed by atoms with Gasteiger partial charge in [-0.25, -0.2) is 0 Å². The van der Waals surface area contributed by atoms with E-state index in [1.54, 1.807) is 7.11 Å². The molecule has 0 spiro atoms. The number of rotatable bonds is 5. The van der Waals surface area contributed by atoms with Crippen molar-refractivity contribution >= 4 is 21.6 Å². The molecule has 2 aromatic rings. The van der Waals surface area contributed by atoms with Gasteiger partial charge in [0, 0.05) is 22.1 Å². The van der Waals surface area contributed by atoms with Gasteiger partial charge in [-0.2, -0.15) is 0 Å². The molecule has 2 rings (SSSR count). The molecule has 0 radical (unpaired) electrons. The molecule has 0 aliphatic heterocycles. The summed E-state index contributed by atoms with van der Waals surface area (Å²) in [6.07, 6.45) is 0. The first-order valence-corrected chi connectivity index (χ1v) is 8.01. The van der Waals surface area contributed by atoms with Gasteiger partial charge in [-0.3, -0.25) is 0 Å². The Bertz CT molecular complexity index is 621. The number of anilines is 1. The minimum Gasteiger partial charge on any atom is -0.493 e. The van der Waals surface area contributed by atoms with E-state index in [4.69, 9.17) is 9.47 Å². The van der Waals surface area contributed by atoms with Gasteiger partial charge in [-0.05, 0) is 42.3 Å². The summed E-state index contributed by atoms with van der Waals surface area (Å²) in [6, 6.07) is 14.0. The predicted octanol–water partition coefficient (Wildman–Crippen LogP) is 5.25. The van der Waals surface area contributed by atoms with Crippen molar-refractivity contribution < 1.29 is 9.47 Å². The van der Waals surface area contributed by atoms with E-state index in [-0.39, 0.29) is 5.54 Å². The van der Waals surface area contributed by atoms with Gasteiger partial charge in [0.15, 0.2) is 11.5 Å². The second-order valence-electron chi connectivity index (χ2n) is 6.13. The molecule has 0 aliphatic carbocycles. The van der Waals surface area contributed by atoms with E-state index >= 15 is 0 Å². The fourth-order valence-corrected chi connectivity index (χ4v) is 2.46. The van der Waals surface area contributed by atoms with Gasteiger partial charge in [-0.1, -0.05) is 30.3 Å². The molecule has 0 atom stereocenters. The summed E-state index contributed by atoms with van der Waals surface area (Å²) in [5.41, 5.74) is 2.07. The third kappa shape index (κ3) is 4.67. The lowest BCUT2D eigenvalue weighted by Crippen LogP contribution is -2.26. The van der Waals surface area contributed by atoms with E-state index in [0.29, 0.717) is 12.4 Å². The monoisotopic (exact) mass is 363 g/mol. The fourth-order valence-electron chi connectivity index (χ4n) is 2.04. The first-order chi connectivity index (χ1) is 10.4. The molecule has 3 nitrogen and oxygen atoms in total. The summed E-state index contributed by atoms with van der Waals surface area (Å²) in [4.78, 5) is 0. The van der Waals surface area contributed by atoms with Gasteiger partial charge < -0.3 is 14.8 Å². The van der Waals surface area contributed by atoms with Gasteiger partial charge >= 0.3 is 0 Å². The van der Waals surface area contributed by atoms with Crippen LogP contribution in [0.5, 0.6) is 11.5 Å². The van der Waals surface area contributed by atoms with Crippen molar-refractivity contribution in [2.45, 2.75) is 32.9 Å². The number of halogens is 1. The van der Waals surface area contributed by atoms with Crippen molar-refractivity contribution in [1.82, 2.24) is 0 Å². The van der Waals surface area contributed by atoms with Crippen molar-refractivity contribution in [1.29, 1.82) is 0 Å². The fraction of sp³-hybridized carbons (Fsp3) is 0.333. The molecule has 4 heteroatoms. The van der Waals surface area contributed by atoms with Gasteiger partial charge in [-0.15, -0.1) is 0 Å². The topological polar surface area (TPSA) is 30.5 Å². The van der Waals surface area contributed by atoms with Crippen molar-refractivity contribution in [3.8, 4) is 11.5 Å². The molecule has 0 aromatic heterocycles. The van der Waals surface area contributed by atoms with Gasteiger partial charge in [0.2, 0.25) is 0 Å². The molecule has 0 saturated heterocycles. The number of nitrogens with one attached hydrogen (secondary N) is 1. The highest BCUT2D eigenvalue weighted by atomic mass is 79.9. The molecule has 0 amide bonds. The molecule has 118 valence electrons. The summed E-state index contributed by atoms with van der Waals surface area (Å²) < 4.78 is 12.3. The molecule has 0 unspecified atom stereocenters. The van der Waals surface area contributed by atoms with Crippen LogP contribution in [0.15, 0.2) is 46.9 Å². The average Bonchev–Trinajstić information content (AvgIpc) is 2.47. The Morgan fingerprint density at radius 1 is 1.05 bits per heavy atom. The highest BCUT2D eigenvalue weighted by molar-refractivity contribution is 9.10. The molecule has 0 heterocycles. The summed E-state index contributed by atoms with van der Waals surface area (Å²) in [7, 11) is 1.65. The minimum absolute atomic E-state index is 0.0339. The maximum Gasteiger partial charge on any atom is 0.163 e. The highest BCUT2D eigenvalue weighted by Crippen LogP contribution is 2.37. The maximum absolute atomic E-state index is 5.94. The van der Waals surface area contributed by atoms with Crippen LogP contribution in [-0.4, -0.2) is 12.6 Å². The van der Waals surface area contributed by atoms with Crippen molar-refractivity contribution in [2.24, 2.45) is 0 Å². The molecule has 0 aliphatic rings. The Morgan fingerprint density at radius 2 is 1.73 bits per heavy atom. The minimum atomic E-state index is -0.0339. The van der Waals surface area contributed by atoms with Crippen molar-refractivity contribution in [3.05, 3.63) is 52.5 Å². The van der Waals surface area contributed by atoms with Crippen LogP contribution < -0.4 is 14.8 Å². The number of benzene rings is 2.